The Morgan fingerprint density at radius 3 is 2.57 bits per heavy atom. The van der Waals surface area contributed by atoms with Gasteiger partial charge in [0.15, 0.2) is 11.5 Å². The van der Waals surface area contributed by atoms with Gasteiger partial charge in [0.2, 0.25) is 5.91 Å². The van der Waals surface area contributed by atoms with E-state index in [1.165, 1.54) is 0 Å². The average Bonchev–Trinajstić information content (AvgIpc) is 3.21. The number of hydrogen-bond donors (Lipinski definition) is 1. The summed E-state index contributed by atoms with van der Waals surface area (Å²) in [5, 5.41) is 9.31. The lowest BCUT2D eigenvalue weighted by Crippen LogP contribution is -2.30. The number of carboxylic acids is 1. The SMILES string of the molecule is COc1ccc(C2CCCN2C(=O)CCc2ccccc2C(=O)O)cc1OC. The summed E-state index contributed by atoms with van der Waals surface area (Å²) in [5.41, 5.74) is 1.97. The quantitative estimate of drug-likeness (QED) is 0.789. The van der Waals surface area contributed by atoms with Gasteiger partial charge in [0.1, 0.15) is 0 Å². The number of benzene rings is 2. The minimum atomic E-state index is -0.965. The fourth-order valence-electron chi connectivity index (χ4n) is 3.80. The molecule has 6 nitrogen and oxygen atoms in total. The zero-order valence-electron chi connectivity index (χ0n) is 16.2. The van der Waals surface area contributed by atoms with Gasteiger partial charge in [0.05, 0.1) is 25.8 Å². The molecule has 0 saturated carbocycles. The molecule has 0 aromatic heterocycles. The highest BCUT2D eigenvalue weighted by atomic mass is 16.5. The fourth-order valence-corrected chi connectivity index (χ4v) is 3.80. The monoisotopic (exact) mass is 383 g/mol. The zero-order valence-corrected chi connectivity index (χ0v) is 16.2. The number of carbonyl (C=O) groups excluding carboxylic acids is 1. The van der Waals surface area contributed by atoms with Crippen LogP contribution in [0.25, 0.3) is 0 Å². The van der Waals surface area contributed by atoms with Gasteiger partial charge in [-0.15, -0.1) is 0 Å². The van der Waals surface area contributed by atoms with Gasteiger partial charge in [-0.3, -0.25) is 4.79 Å². The maximum absolute atomic E-state index is 12.9. The van der Waals surface area contributed by atoms with Crippen LogP contribution in [0.5, 0.6) is 11.5 Å². The molecule has 1 N–H and O–H groups in total. The molecule has 2 aromatic carbocycles. The van der Waals surface area contributed by atoms with Crippen molar-refractivity contribution in [1.29, 1.82) is 0 Å². The topological polar surface area (TPSA) is 76.1 Å². The van der Waals surface area contributed by atoms with Crippen molar-refractivity contribution < 1.29 is 24.2 Å². The Morgan fingerprint density at radius 1 is 1.11 bits per heavy atom. The lowest BCUT2D eigenvalue weighted by Gasteiger charge is -2.26. The molecular weight excluding hydrogens is 358 g/mol. The number of carboxylic acid groups (broad SMARTS) is 1. The molecular formula is C22H25NO5. The number of carbonyl (C=O) groups is 2. The van der Waals surface area contributed by atoms with Crippen molar-refractivity contribution in [2.75, 3.05) is 20.8 Å². The first-order valence-electron chi connectivity index (χ1n) is 9.37. The van der Waals surface area contributed by atoms with Gasteiger partial charge in [-0.25, -0.2) is 4.79 Å². The van der Waals surface area contributed by atoms with E-state index in [4.69, 9.17) is 9.47 Å². The molecule has 0 bridgehead atoms. The van der Waals surface area contributed by atoms with Crippen LogP contribution in [-0.2, 0) is 11.2 Å². The Labute approximate surface area is 164 Å². The van der Waals surface area contributed by atoms with E-state index in [1.54, 1.807) is 38.5 Å². The predicted octanol–water partition coefficient (Wildman–Crippen LogP) is 3.70. The van der Waals surface area contributed by atoms with Crippen LogP contribution in [-0.4, -0.2) is 42.6 Å². The van der Waals surface area contributed by atoms with Gasteiger partial charge in [-0.1, -0.05) is 24.3 Å². The molecule has 0 radical (unpaired) electrons. The lowest BCUT2D eigenvalue weighted by atomic mass is 10.0. The van der Waals surface area contributed by atoms with Crippen molar-refractivity contribution in [3.05, 3.63) is 59.2 Å². The Kier molecular flexibility index (Phi) is 6.19. The maximum Gasteiger partial charge on any atom is 0.335 e. The normalized spacial score (nSPS) is 16.1. The highest BCUT2D eigenvalue weighted by molar-refractivity contribution is 5.89. The summed E-state index contributed by atoms with van der Waals surface area (Å²) in [7, 11) is 3.19. The highest BCUT2D eigenvalue weighted by Gasteiger charge is 2.30. The first kappa shape index (κ1) is 19.7. The van der Waals surface area contributed by atoms with Crippen molar-refractivity contribution in [3.8, 4) is 11.5 Å². The number of aryl methyl sites for hydroxylation is 1. The number of amides is 1. The van der Waals surface area contributed by atoms with Crippen molar-refractivity contribution in [2.45, 2.75) is 31.7 Å². The molecule has 1 unspecified atom stereocenters. The van der Waals surface area contributed by atoms with Crippen molar-refractivity contribution in [1.82, 2.24) is 4.90 Å². The van der Waals surface area contributed by atoms with Gasteiger partial charge in [0.25, 0.3) is 0 Å². The first-order valence-corrected chi connectivity index (χ1v) is 9.37. The second-order valence-corrected chi connectivity index (χ2v) is 6.82. The standard InChI is InChI=1S/C22H25NO5/c1-27-19-11-9-16(14-20(19)28-2)18-8-5-13-23(18)21(24)12-10-15-6-3-4-7-17(15)22(25)26/h3-4,6-7,9,11,14,18H,5,8,10,12-13H2,1-2H3,(H,25,26). The van der Waals surface area contributed by atoms with E-state index in [9.17, 15) is 14.7 Å². The number of methoxy groups -OCH3 is 2. The molecule has 1 atom stereocenters. The summed E-state index contributed by atoms with van der Waals surface area (Å²) < 4.78 is 10.7. The van der Waals surface area contributed by atoms with Gasteiger partial charge in [-0.2, -0.15) is 0 Å². The number of likely N-dealkylation sites (tertiary alicyclic amines) is 1. The summed E-state index contributed by atoms with van der Waals surface area (Å²) in [6, 6.07) is 12.6. The van der Waals surface area contributed by atoms with E-state index in [2.05, 4.69) is 0 Å². The lowest BCUT2D eigenvalue weighted by molar-refractivity contribution is -0.132. The van der Waals surface area contributed by atoms with E-state index in [1.807, 2.05) is 23.1 Å². The zero-order chi connectivity index (χ0) is 20.1. The third-order valence-electron chi connectivity index (χ3n) is 5.22. The Balaban J connectivity index is 1.73. The van der Waals surface area contributed by atoms with E-state index in [-0.39, 0.29) is 23.9 Å². The molecule has 1 aliphatic heterocycles. The van der Waals surface area contributed by atoms with Crippen LogP contribution in [0.15, 0.2) is 42.5 Å². The Bertz CT molecular complexity index is 864. The Morgan fingerprint density at radius 2 is 1.86 bits per heavy atom. The van der Waals surface area contributed by atoms with Crippen molar-refractivity contribution in [3.63, 3.8) is 0 Å². The van der Waals surface area contributed by atoms with Gasteiger partial charge < -0.3 is 19.5 Å². The molecule has 2 aromatic rings. The van der Waals surface area contributed by atoms with Crippen molar-refractivity contribution >= 4 is 11.9 Å². The third-order valence-corrected chi connectivity index (χ3v) is 5.22. The third kappa shape index (κ3) is 4.11. The number of ether oxygens (including phenoxy) is 2. The van der Waals surface area contributed by atoms with Crippen LogP contribution in [0.1, 0.15) is 46.8 Å². The number of nitrogens with zero attached hydrogens (tertiary/aromatic N) is 1. The summed E-state index contributed by atoms with van der Waals surface area (Å²) in [6.45, 7) is 0.707. The molecule has 28 heavy (non-hydrogen) atoms. The van der Waals surface area contributed by atoms with Crippen LogP contribution >= 0.6 is 0 Å². The van der Waals surface area contributed by atoms with E-state index in [0.29, 0.717) is 30.0 Å². The Hall–Kier alpha value is -3.02. The number of hydrogen-bond acceptors (Lipinski definition) is 4. The summed E-state index contributed by atoms with van der Waals surface area (Å²) in [5.74, 6) is 0.381. The molecule has 148 valence electrons. The van der Waals surface area contributed by atoms with Crippen LogP contribution in [0.3, 0.4) is 0 Å². The molecule has 1 heterocycles. The van der Waals surface area contributed by atoms with Crippen molar-refractivity contribution in [2.24, 2.45) is 0 Å². The van der Waals surface area contributed by atoms with Gasteiger partial charge in [-0.05, 0) is 48.6 Å². The summed E-state index contributed by atoms with van der Waals surface area (Å²) in [6.07, 6.45) is 2.54. The highest BCUT2D eigenvalue weighted by Crippen LogP contribution is 2.37. The average molecular weight is 383 g/mol. The van der Waals surface area contributed by atoms with Gasteiger partial charge >= 0.3 is 5.97 Å². The van der Waals surface area contributed by atoms with Crippen LogP contribution in [0.4, 0.5) is 0 Å². The summed E-state index contributed by atoms with van der Waals surface area (Å²) >= 11 is 0. The molecule has 3 rings (SSSR count). The van der Waals surface area contributed by atoms with E-state index in [0.717, 1.165) is 18.4 Å². The largest absolute Gasteiger partial charge is 0.493 e. The molecule has 1 amide bonds. The second kappa shape index (κ2) is 8.78. The molecule has 6 heteroatoms. The fraction of sp³-hybridized carbons (Fsp3) is 0.364. The minimum Gasteiger partial charge on any atom is -0.493 e. The molecule has 0 aliphatic carbocycles. The number of aromatic carboxylic acids is 1. The minimum absolute atomic E-state index is 0.00187. The number of rotatable bonds is 7. The van der Waals surface area contributed by atoms with Crippen LogP contribution < -0.4 is 9.47 Å². The van der Waals surface area contributed by atoms with Gasteiger partial charge in [0, 0.05) is 13.0 Å². The molecule has 0 spiro atoms. The van der Waals surface area contributed by atoms with Crippen LogP contribution in [0, 0.1) is 0 Å². The van der Waals surface area contributed by atoms with Crippen LogP contribution in [0.2, 0.25) is 0 Å². The summed E-state index contributed by atoms with van der Waals surface area (Å²) in [4.78, 5) is 26.1. The van der Waals surface area contributed by atoms with E-state index < -0.39 is 5.97 Å². The molecule has 1 fully saturated rings. The van der Waals surface area contributed by atoms with E-state index >= 15 is 0 Å². The molecule has 1 saturated heterocycles. The second-order valence-electron chi connectivity index (χ2n) is 6.82. The first-order chi connectivity index (χ1) is 13.5. The smallest absolute Gasteiger partial charge is 0.335 e. The molecule has 1 aliphatic rings. The maximum atomic E-state index is 12.9. The predicted molar refractivity (Wildman–Crippen MR) is 105 cm³/mol.